The largest absolute Gasteiger partial charge is 0.307 e. The molecule has 2 N–H and O–H groups in total. The molecular weight excluding hydrogens is 460 g/mol. The Morgan fingerprint density at radius 3 is 1.08 bits per heavy atom. The van der Waals surface area contributed by atoms with E-state index in [2.05, 4.69) is 115 Å². The van der Waals surface area contributed by atoms with Crippen molar-refractivity contribution in [1.29, 1.82) is 0 Å². The minimum atomic E-state index is 0.255. The summed E-state index contributed by atoms with van der Waals surface area (Å²) in [6.07, 6.45) is 12.8. The second-order valence-electron chi connectivity index (χ2n) is 15.5. The Morgan fingerprint density at radius 2 is 0.789 bits per heavy atom. The molecule has 4 rings (SSSR count). The van der Waals surface area contributed by atoms with E-state index < -0.39 is 0 Å². The summed E-state index contributed by atoms with van der Waals surface area (Å²) in [5.41, 5.74) is 6.64. The molecular formula is C36H56N2. The highest BCUT2D eigenvalue weighted by molar-refractivity contribution is 5.64. The van der Waals surface area contributed by atoms with Crippen LogP contribution in [0.5, 0.6) is 0 Å². The van der Waals surface area contributed by atoms with E-state index >= 15 is 0 Å². The molecule has 0 saturated carbocycles. The zero-order valence-corrected chi connectivity index (χ0v) is 25.8. The number of nitrogens with one attached hydrogen (secondary N) is 2. The molecule has 2 saturated heterocycles. The van der Waals surface area contributed by atoms with E-state index in [1.807, 2.05) is 0 Å². The van der Waals surface area contributed by atoms with Gasteiger partial charge in [0.15, 0.2) is 0 Å². The highest BCUT2D eigenvalue weighted by Gasteiger charge is 2.38. The van der Waals surface area contributed by atoms with Crippen LogP contribution in [0.1, 0.15) is 118 Å². The monoisotopic (exact) mass is 516 g/mol. The summed E-state index contributed by atoms with van der Waals surface area (Å²) in [5.74, 6) is 1.66. The summed E-state index contributed by atoms with van der Waals surface area (Å²) in [4.78, 5) is 0. The van der Waals surface area contributed by atoms with E-state index in [0.29, 0.717) is 0 Å². The Hall–Kier alpha value is -1.64. The fraction of sp³-hybridized carbons (Fsp3) is 0.667. The van der Waals surface area contributed by atoms with Gasteiger partial charge in [0.1, 0.15) is 0 Å². The van der Waals surface area contributed by atoms with Crippen LogP contribution >= 0.6 is 0 Å². The van der Waals surface area contributed by atoms with E-state index in [1.54, 1.807) is 0 Å². The molecule has 0 unspecified atom stereocenters. The second-order valence-corrected chi connectivity index (χ2v) is 15.5. The van der Waals surface area contributed by atoms with E-state index in [4.69, 9.17) is 0 Å². The predicted molar refractivity (Wildman–Crippen MR) is 166 cm³/mol. The first-order valence-corrected chi connectivity index (χ1v) is 15.5. The average molecular weight is 517 g/mol. The van der Waals surface area contributed by atoms with Crippen molar-refractivity contribution < 1.29 is 0 Å². The van der Waals surface area contributed by atoms with Crippen molar-refractivity contribution >= 4 is 0 Å². The van der Waals surface area contributed by atoms with Crippen LogP contribution in [0.4, 0.5) is 0 Å². The number of hydrogen-bond donors (Lipinski definition) is 2. The van der Waals surface area contributed by atoms with Gasteiger partial charge in [0.2, 0.25) is 0 Å². The normalized spacial score (nSPS) is 22.8. The molecule has 2 nitrogen and oxygen atoms in total. The molecule has 2 heterocycles. The van der Waals surface area contributed by atoms with Gasteiger partial charge in [0.05, 0.1) is 0 Å². The van der Waals surface area contributed by atoms with Crippen LogP contribution in [0.2, 0.25) is 0 Å². The summed E-state index contributed by atoms with van der Waals surface area (Å²) in [6.45, 7) is 18.9. The van der Waals surface area contributed by atoms with Gasteiger partial charge in [0.25, 0.3) is 0 Å². The highest BCUT2D eigenvalue weighted by Crippen LogP contribution is 2.36. The van der Waals surface area contributed by atoms with E-state index in [9.17, 15) is 0 Å². The van der Waals surface area contributed by atoms with Crippen molar-refractivity contribution in [2.24, 2.45) is 11.8 Å². The van der Waals surface area contributed by atoms with E-state index in [0.717, 1.165) is 11.8 Å². The van der Waals surface area contributed by atoms with Crippen molar-refractivity contribution in [3.05, 3.63) is 59.7 Å². The average Bonchev–Trinajstić information content (AvgIpc) is 2.76. The number of aryl methyl sites for hydroxylation is 2. The number of rotatable bonds is 9. The first-order chi connectivity index (χ1) is 17.7. The SMILES string of the molecule is CC1(C)CC(CCCc2ccc(-c3ccc(CCCC4CC(C)(C)NC(C)(C)C4)cc3)cc2)CC(C)(C)N1. The van der Waals surface area contributed by atoms with Gasteiger partial charge < -0.3 is 10.6 Å². The Morgan fingerprint density at radius 1 is 0.500 bits per heavy atom. The third-order valence-corrected chi connectivity index (χ3v) is 8.95. The molecule has 2 heteroatoms. The highest BCUT2D eigenvalue weighted by atomic mass is 15.1. The molecule has 0 amide bonds. The minimum absolute atomic E-state index is 0.255. The lowest BCUT2D eigenvalue weighted by molar-refractivity contribution is 0.122. The molecule has 2 aromatic rings. The quantitative estimate of drug-likeness (QED) is 0.347. The molecule has 2 fully saturated rings. The van der Waals surface area contributed by atoms with Gasteiger partial charge in [-0.2, -0.15) is 0 Å². The van der Waals surface area contributed by atoms with Crippen LogP contribution in [0.3, 0.4) is 0 Å². The molecule has 0 radical (unpaired) electrons. The maximum Gasteiger partial charge on any atom is 0.0132 e. The van der Waals surface area contributed by atoms with Gasteiger partial charge in [-0.3, -0.25) is 0 Å². The van der Waals surface area contributed by atoms with Crippen LogP contribution in [-0.2, 0) is 12.8 Å². The van der Waals surface area contributed by atoms with Crippen molar-refractivity contribution in [3.63, 3.8) is 0 Å². The zero-order valence-electron chi connectivity index (χ0n) is 25.8. The number of benzene rings is 2. The van der Waals surface area contributed by atoms with Gasteiger partial charge >= 0.3 is 0 Å². The van der Waals surface area contributed by atoms with Gasteiger partial charge in [-0.15, -0.1) is 0 Å². The van der Waals surface area contributed by atoms with Crippen molar-refractivity contribution in [2.45, 2.75) is 142 Å². The van der Waals surface area contributed by atoms with Crippen molar-refractivity contribution in [2.75, 3.05) is 0 Å². The Balaban J connectivity index is 1.22. The van der Waals surface area contributed by atoms with Crippen LogP contribution in [-0.4, -0.2) is 22.2 Å². The van der Waals surface area contributed by atoms with Crippen LogP contribution in [0.25, 0.3) is 11.1 Å². The minimum Gasteiger partial charge on any atom is -0.307 e. The molecule has 38 heavy (non-hydrogen) atoms. The summed E-state index contributed by atoms with van der Waals surface area (Å²) in [7, 11) is 0. The summed E-state index contributed by atoms with van der Waals surface area (Å²) >= 11 is 0. The van der Waals surface area contributed by atoms with Crippen LogP contribution in [0.15, 0.2) is 48.5 Å². The molecule has 0 atom stereocenters. The smallest absolute Gasteiger partial charge is 0.0132 e. The molecule has 2 aliphatic rings. The Kier molecular flexibility index (Phi) is 8.85. The lowest BCUT2D eigenvalue weighted by Crippen LogP contribution is -2.57. The molecule has 0 bridgehead atoms. The van der Waals surface area contributed by atoms with Crippen molar-refractivity contribution in [1.82, 2.24) is 10.6 Å². The summed E-state index contributed by atoms with van der Waals surface area (Å²) in [5, 5.41) is 7.64. The maximum atomic E-state index is 3.82. The topological polar surface area (TPSA) is 24.1 Å². The third kappa shape index (κ3) is 8.68. The molecule has 0 spiro atoms. The number of piperidine rings is 2. The zero-order chi connectivity index (χ0) is 27.6. The van der Waals surface area contributed by atoms with Gasteiger partial charge in [-0.25, -0.2) is 0 Å². The first kappa shape index (κ1) is 29.3. The molecule has 2 aliphatic heterocycles. The van der Waals surface area contributed by atoms with Crippen molar-refractivity contribution in [3.8, 4) is 11.1 Å². The Labute approximate surface area is 234 Å². The van der Waals surface area contributed by atoms with E-state index in [-0.39, 0.29) is 22.2 Å². The predicted octanol–water partition coefficient (Wildman–Crippen LogP) is 9.11. The van der Waals surface area contributed by atoms with Gasteiger partial charge in [-0.05, 0) is 154 Å². The van der Waals surface area contributed by atoms with E-state index in [1.165, 1.54) is 86.5 Å². The standard InChI is InChI=1S/C36H56N2/c1-33(2)23-29(24-34(3,4)37-33)13-9-11-27-15-19-31(20-16-27)32-21-17-28(18-22-32)12-10-14-30-25-35(5,6)38-36(7,8)26-30/h15-22,29-30,37-38H,9-14,23-26H2,1-8H3. The Bertz CT molecular complexity index is 909. The van der Waals surface area contributed by atoms with Crippen LogP contribution < -0.4 is 10.6 Å². The van der Waals surface area contributed by atoms with Gasteiger partial charge in [-0.1, -0.05) is 48.5 Å². The van der Waals surface area contributed by atoms with Crippen LogP contribution in [0, 0.1) is 11.8 Å². The number of hydrogen-bond acceptors (Lipinski definition) is 2. The third-order valence-electron chi connectivity index (χ3n) is 8.95. The molecule has 0 aromatic heterocycles. The van der Waals surface area contributed by atoms with Gasteiger partial charge in [0, 0.05) is 22.2 Å². The second kappa shape index (κ2) is 11.5. The molecule has 2 aromatic carbocycles. The summed E-state index contributed by atoms with van der Waals surface area (Å²) in [6, 6.07) is 18.7. The summed E-state index contributed by atoms with van der Waals surface area (Å²) < 4.78 is 0. The first-order valence-electron chi connectivity index (χ1n) is 15.5. The lowest BCUT2D eigenvalue weighted by Gasteiger charge is -2.46. The lowest BCUT2D eigenvalue weighted by atomic mass is 9.74. The molecule has 0 aliphatic carbocycles. The fourth-order valence-corrected chi connectivity index (χ4v) is 8.39. The molecule has 210 valence electrons. The maximum absolute atomic E-state index is 3.82. The fourth-order valence-electron chi connectivity index (χ4n) is 8.39.